The highest BCUT2D eigenvalue weighted by Gasteiger charge is 2.12. The molecule has 2 aromatic rings. The Hall–Kier alpha value is -1.32. The molecule has 0 saturated carbocycles. The molecule has 19 heavy (non-hydrogen) atoms. The number of rotatable bonds is 4. The molecule has 2 aromatic carbocycles. The second kappa shape index (κ2) is 6.22. The van der Waals surface area contributed by atoms with E-state index in [1.165, 1.54) is 11.1 Å². The van der Waals surface area contributed by atoms with Crippen LogP contribution in [-0.2, 0) is 6.42 Å². The molecule has 2 nitrogen and oxygen atoms in total. The van der Waals surface area contributed by atoms with E-state index >= 15 is 0 Å². The van der Waals surface area contributed by atoms with Crippen molar-refractivity contribution < 1.29 is 4.74 Å². The van der Waals surface area contributed by atoms with Gasteiger partial charge < -0.3 is 10.5 Å². The second-order valence-corrected chi connectivity index (χ2v) is 5.48. The average molecular weight is 320 g/mol. The highest BCUT2D eigenvalue weighted by Crippen LogP contribution is 2.28. The summed E-state index contributed by atoms with van der Waals surface area (Å²) in [5, 5.41) is 0. The van der Waals surface area contributed by atoms with Crippen molar-refractivity contribution in [2.24, 2.45) is 5.73 Å². The summed E-state index contributed by atoms with van der Waals surface area (Å²) < 4.78 is 6.19. The fraction of sp³-hybridized carbons (Fsp3) is 0.250. The quantitative estimate of drug-likeness (QED) is 0.924. The molecule has 2 rings (SSSR count). The average Bonchev–Trinajstić information content (AvgIpc) is 2.41. The Kier molecular flexibility index (Phi) is 4.61. The van der Waals surface area contributed by atoms with Crippen LogP contribution in [-0.4, -0.2) is 7.11 Å². The van der Waals surface area contributed by atoms with Crippen molar-refractivity contribution in [2.75, 3.05) is 7.11 Å². The van der Waals surface area contributed by atoms with E-state index in [9.17, 15) is 0 Å². The lowest BCUT2D eigenvalue weighted by molar-refractivity contribution is 0.414. The summed E-state index contributed by atoms with van der Waals surface area (Å²) in [5.41, 5.74) is 9.99. The smallest absolute Gasteiger partial charge is 0.120 e. The molecule has 1 atom stereocenters. The molecule has 100 valence electrons. The normalized spacial score (nSPS) is 12.2. The molecule has 0 amide bonds. The second-order valence-electron chi connectivity index (χ2n) is 4.62. The number of methoxy groups -OCH3 is 1. The Morgan fingerprint density at radius 1 is 1.21 bits per heavy atom. The summed E-state index contributed by atoms with van der Waals surface area (Å²) in [6.07, 6.45) is 0.831. The first-order valence-corrected chi connectivity index (χ1v) is 7.04. The third kappa shape index (κ3) is 3.37. The molecule has 0 bridgehead atoms. The van der Waals surface area contributed by atoms with Crippen LogP contribution in [0.25, 0.3) is 0 Å². The summed E-state index contributed by atoms with van der Waals surface area (Å²) >= 11 is 3.56. The van der Waals surface area contributed by atoms with Crippen LogP contribution in [0.1, 0.15) is 22.7 Å². The number of halogens is 1. The van der Waals surface area contributed by atoms with Crippen molar-refractivity contribution in [3.63, 3.8) is 0 Å². The van der Waals surface area contributed by atoms with Crippen LogP contribution in [0.2, 0.25) is 0 Å². The molecule has 0 spiro atoms. The highest BCUT2D eigenvalue weighted by molar-refractivity contribution is 9.10. The van der Waals surface area contributed by atoms with E-state index in [4.69, 9.17) is 10.5 Å². The van der Waals surface area contributed by atoms with E-state index < -0.39 is 0 Å². The third-order valence-corrected chi connectivity index (χ3v) is 3.99. The molecule has 0 aromatic heterocycles. The molecule has 0 fully saturated rings. The van der Waals surface area contributed by atoms with Gasteiger partial charge in [-0.1, -0.05) is 46.3 Å². The van der Waals surface area contributed by atoms with E-state index in [-0.39, 0.29) is 6.04 Å². The van der Waals surface area contributed by atoms with Crippen molar-refractivity contribution >= 4 is 15.9 Å². The zero-order chi connectivity index (χ0) is 13.8. The van der Waals surface area contributed by atoms with Crippen LogP contribution in [0.4, 0.5) is 0 Å². The van der Waals surface area contributed by atoms with E-state index in [1.54, 1.807) is 7.11 Å². The van der Waals surface area contributed by atoms with Gasteiger partial charge in [0.15, 0.2) is 0 Å². The summed E-state index contributed by atoms with van der Waals surface area (Å²) in [6, 6.07) is 14.2. The van der Waals surface area contributed by atoms with E-state index in [0.717, 1.165) is 22.2 Å². The van der Waals surface area contributed by atoms with Crippen molar-refractivity contribution in [1.82, 2.24) is 0 Å². The Morgan fingerprint density at radius 2 is 1.95 bits per heavy atom. The van der Waals surface area contributed by atoms with Crippen LogP contribution < -0.4 is 10.5 Å². The first-order valence-electron chi connectivity index (χ1n) is 6.25. The summed E-state index contributed by atoms with van der Waals surface area (Å²) in [4.78, 5) is 0. The maximum absolute atomic E-state index is 6.32. The highest BCUT2D eigenvalue weighted by atomic mass is 79.9. The van der Waals surface area contributed by atoms with Crippen LogP contribution >= 0.6 is 15.9 Å². The van der Waals surface area contributed by atoms with E-state index in [2.05, 4.69) is 41.1 Å². The molecular weight excluding hydrogens is 302 g/mol. The van der Waals surface area contributed by atoms with Gasteiger partial charge in [0.05, 0.1) is 7.11 Å². The van der Waals surface area contributed by atoms with Gasteiger partial charge in [-0.25, -0.2) is 0 Å². The van der Waals surface area contributed by atoms with Gasteiger partial charge in [0, 0.05) is 10.5 Å². The van der Waals surface area contributed by atoms with Crippen LogP contribution in [0.5, 0.6) is 5.75 Å². The zero-order valence-corrected chi connectivity index (χ0v) is 12.8. The summed E-state index contributed by atoms with van der Waals surface area (Å²) in [7, 11) is 1.66. The first-order chi connectivity index (χ1) is 9.11. The van der Waals surface area contributed by atoms with Crippen LogP contribution in [0, 0.1) is 6.92 Å². The fourth-order valence-corrected chi connectivity index (χ4v) is 2.77. The van der Waals surface area contributed by atoms with Gasteiger partial charge in [-0.15, -0.1) is 0 Å². The molecular formula is C16H18BrNO. The molecule has 1 unspecified atom stereocenters. The predicted molar refractivity (Wildman–Crippen MR) is 82.5 cm³/mol. The minimum atomic E-state index is -0.0265. The zero-order valence-electron chi connectivity index (χ0n) is 11.2. The topological polar surface area (TPSA) is 35.2 Å². The van der Waals surface area contributed by atoms with Crippen LogP contribution in [0.3, 0.4) is 0 Å². The Bertz CT molecular complexity index is 568. The van der Waals surface area contributed by atoms with Gasteiger partial charge in [-0.2, -0.15) is 0 Å². The molecule has 3 heteroatoms. The lowest BCUT2D eigenvalue weighted by Gasteiger charge is -2.16. The number of hydrogen-bond donors (Lipinski definition) is 1. The number of nitrogens with two attached hydrogens (primary N) is 1. The van der Waals surface area contributed by atoms with Gasteiger partial charge in [0.1, 0.15) is 5.75 Å². The van der Waals surface area contributed by atoms with Gasteiger partial charge in [0.2, 0.25) is 0 Å². The molecule has 0 heterocycles. The van der Waals surface area contributed by atoms with Crippen molar-refractivity contribution in [3.8, 4) is 5.75 Å². The number of hydrogen-bond acceptors (Lipinski definition) is 2. The molecule has 0 aliphatic carbocycles. The number of ether oxygens (including phenoxy) is 1. The molecule has 0 aliphatic heterocycles. The number of aryl methyl sites for hydroxylation is 1. The Labute approximate surface area is 122 Å². The largest absolute Gasteiger partial charge is 0.497 e. The van der Waals surface area contributed by atoms with E-state index in [0.29, 0.717) is 0 Å². The van der Waals surface area contributed by atoms with Gasteiger partial charge in [-0.05, 0) is 42.2 Å². The first kappa shape index (κ1) is 14.1. The molecule has 0 aliphatic rings. The maximum atomic E-state index is 6.32. The maximum Gasteiger partial charge on any atom is 0.120 e. The lowest BCUT2D eigenvalue weighted by atomic mass is 9.97. The van der Waals surface area contributed by atoms with Gasteiger partial charge in [-0.3, -0.25) is 0 Å². The minimum Gasteiger partial charge on any atom is -0.497 e. The van der Waals surface area contributed by atoms with Crippen molar-refractivity contribution in [2.45, 2.75) is 19.4 Å². The van der Waals surface area contributed by atoms with Crippen LogP contribution in [0.15, 0.2) is 46.9 Å². The Balaban J connectivity index is 2.21. The standard InChI is InChI=1S/C16H18BrNO/c1-11-5-3-4-6-12(11)9-16(18)14-8-7-13(19-2)10-15(14)17/h3-8,10,16H,9,18H2,1-2H3. The van der Waals surface area contributed by atoms with Crippen molar-refractivity contribution in [1.29, 1.82) is 0 Å². The summed E-state index contributed by atoms with van der Waals surface area (Å²) in [5.74, 6) is 0.832. The minimum absolute atomic E-state index is 0.0265. The number of benzene rings is 2. The SMILES string of the molecule is COc1ccc(C(N)Cc2ccccc2C)c(Br)c1. The predicted octanol–water partition coefficient (Wildman–Crippen LogP) is 4.01. The van der Waals surface area contributed by atoms with E-state index in [1.807, 2.05) is 24.3 Å². The van der Waals surface area contributed by atoms with Gasteiger partial charge in [0.25, 0.3) is 0 Å². The molecule has 2 N–H and O–H groups in total. The molecule has 0 saturated heterocycles. The lowest BCUT2D eigenvalue weighted by Crippen LogP contribution is -2.14. The monoisotopic (exact) mass is 319 g/mol. The van der Waals surface area contributed by atoms with Crippen molar-refractivity contribution in [3.05, 3.63) is 63.6 Å². The Morgan fingerprint density at radius 3 is 2.58 bits per heavy atom. The summed E-state index contributed by atoms with van der Waals surface area (Å²) in [6.45, 7) is 2.12. The third-order valence-electron chi connectivity index (χ3n) is 3.31. The fourth-order valence-electron chi connectivity index (χ4n) is 2.12. The van der Waals surface area contributed by atoms with Gasteiger partial charge >= 0.3 is 0 Å². The molecule has 0 radical (unpaired) electrons.